The van der Waals surface area contributed by atoms with Gasteiger partial charge >= 0.3 is 5.69 Å². The number of benzene rings is 1. The Kier molecular flexibility index (Phi) is 5.28. The highest BCUT2D eigenvalue weighted by molar-refractivity contribution is 5.97. The second-order valence-electron chi connectivity index (χ2n) is 6.20. The Morgan fingerprint density at radius 3 is 2.70 bits per heavy atom. The van der Waals surface area contributed by atoms with Crippen LogP contribution in [0.2, 0.25) is 0 Å². The van der Waals surface area contributed by atoms with Crippen LogP contribution in [-0.2, 0) is 0 Å². The molecule has 0 aliphatic heterocycles. The van der Waals surface area contributed by atoms with Crippen LogP contribution in [0, 0.1) is 39.1 Å². The maximum atomic E-state index is 14.8. The lowest BCUT2D eigenvalue weighted by Crippen LogP contribution is -2.37. The van der Waals surface area contributed by atoms with Gasteiger partial charge in [0, 0.05) is 24.7 Å². The van der Waals surface area contributed by atoms with E-state index in [1.54, 1.807) is 6.92 Å². The number of nitro groups is 1. The van der Waals surface area contributed by atoms with Crippen LogP contribution >= 0.6 is 0 Å². The summed E-state index contributed by atoms with van der Waals surface area (Å²) in [5.41, 5.74) is -0.158. The van der Waals surface area contributed by atoms with Crippen molar-refractivity contribution in [2.75, 3.05) is 5.32 Å². The average Bonchev–Trinajstić information content (AvgIpc) is 3.08. The van der Waals surface area contributed by atoms with Crippen molar-refractivity contribution in [1.29, 1.82) is 5.26 Å². The number of nitrogens with one attached hydrogen (secondary N) is 2. The standard InChI is InChI=1S/C18H12FN7O4/c1-9-3-12(7-20)23-25(9)15-5-11(4-14(19)17(15)10(2)27)22-18-16(26(29)30)6-13(24-28)8-21-18/h3-6,8H,1-2H3,(H,21,22,27,28)/p+1. The first-order valence-electron chi connectivity index (χ1n) is 8.36. The van der Waals surface area contributed by atoms with Crippen molar-refractivity contribution < 1.29 is 18.8 Å². The predicted molar refractivity (Wildman–Crippen MR) is 101 cm³/mol. The van der Waals surface area contributed by atoms with Crippen molar-refractivity contribution in [3.8, 4) is 11.8 Å². The Hall–Kier alpha value is -4.53. The molecule has 0 spiro atoms. The Labute approximate surface area is 167 Å². The zero-order valence-corrected chi connectivity index (χ0v) is 15.6. The van der Waals surface area contributed by atoms with Gasteiger partial charge < -0.3 is 5.32 Å². The predicted octanol–water partition coefficient (Wildman–Crippen LogP) is 3.26. The summed E-state index contributed by atoms with van der Waals surface area (Å²) in [5.74, 6) is -1.69. The first-order valence-corrected chi connectivity index (χ1v) is 8.36. The summed E-state index contributed by atoms with van der Waals surface area (Å²) in [5, 5.41) is 28.3. The summed E-state index contributed by atoms with van der Waals surface area (Å²) in [6.45, 7) is 2.84. The van der Waals surface area contributed by atoms with Crippen molar-refractivity contribution in [3.63, 3.8) is 0 Å². The fourth-order valence-corrected chi connectivity index (χ4v) is 2.88. The van der Waals surface area contributed by atoms with Crippen LogP contribution in [0.5, 0.6) is 0 Å². The summed E-state index contributed by atoms with van der Waals surface area (Å²) < 4.78 is 16.1. The Morgan fingerprint density at radius 1 is 1.40 bits per heavy atom. The van der Waals surface area contributed by atoms with Crippen LogP contribution in [0.25, 0.3) is 5.69 Å². The number of anilines is 2. The zero-order valence-electron chi connectivity index (χ0n) is 15.6. The molecule has 0 amide bonds. The number of ketones is 1. The van der Waals surface area contributed by atoms with Gasteiger partial charge in [-0.1, -0.05) is 4.68 Å². The number of H-pyrrole nitrogens is 1. The fourth-order valence-electron chi connectivity index (χ4n) is 2.88. The molecule has 0 radical (unpaired) electrons. The van der Waals surface area contributed by atoms with Crippen LogP contribution in [0.1, 0.15) is 28.7 Å². The molecule has 0 saturated heterocycles. The molecule has 2 aromatic heterocycles. The number of nitrogens with zero attached hydrogens (tertiary/aromatic N) is 5. The van der Waals surface area contributed by atoms with Crippen LogP contribution < -0.4 is 10.00 Å². The number of hydrogen-bond donors (Lipinski definition) is 2. The number of aromatic nitrogens is 3. The molecule has 30 heavy (non-hydrogen) atoms. The average molecular weight is 410 g/mol. The minimum absolute atomic E-state index is 0.0509. The molecule has 11 nitrogen and oxygen atoms in total. The third kappa shape index (κ3) is 3.72. The molecule has 0 bridgehead atoms. The largest absolute Gasteiger partial charge is 0.334 e. The van der Waals surface area contributed by atoms with E-state index < -0.39 is 22.2 Å². The molecule has 0 fully saturated rings. The van der Waals surface area contributed by atoms with E-state index in [-0.39, 0.29) is 34.1 Å². The lowest BCUT2D eigenvalue weighted by molar-refractivity contribution is -0.661. The van der Waals surface area contributed by atoms with Crippen molar-refractivity contribution >= 4 is 28.7 Å². The van der Waals surface area contributed by atoms with Crippen molar-refractivity contribution in [1.82, 2.24) is 10.1 Å². The number of halogens is 1. The van der Waals surface area contributed by atoms with Gasteiger partial charge in [0.2, 0.25) is 11.5 Å². The number of nitriles is 1. The highest BCUT2D eigenvalue weighted by Crippen LogP contribution is 2.30. The molecule has 0 saturated carbocycles. The number of pyridine rings is 1. The van der Waals surface area contributed by atoms with Gasteiger partial charge in [0.25, 0.3) is 5.69 Å². The number of carbonyl (C=O) groups excluding carboxylic acids is 1. The molecule has 1 aromatic carbocycles. The highest BCUT2D eigenvalue weighted by atomic mass is 19.1. The summed E-state index contributed by atoms with van der Waals surface area (Å²) in [6.07, 6.45) is 1.02. The third-order valence-corrected chi connectivity index (χ3v) is 4.14. The summed E-state index contributed by atoms with van der Waals surface area (Å²) in [6, 6.07) is 6.72. The van der Waals surface area contributed by atoms with Crippen molar-refractivity contribution in [3.05, 3.63) is 68.3 Å². The molecule has 0 aliphatic rings. The van der Waals surface area contributed by atoms with Gasteiger partial charge in [-0.15, -0.1) is 10.0 Å². The number of carbonyl (C=O) groups is 1. The number of aryl methyl sites for hydroxylation is 1. The van der Waals surface area contributed by atoms with Gasteiger partial charge in [0.1, 0.15) is 23.1 Å². The van der Waals surface area contributed by atoms with E-state index in [4.69, 9.17) is 5.26 Å². The van der Waals surface area contributed by atoms with Gasteiger partial charge in [0.15, 0.2) is 11.5 Å². The minimum Gasteiger partial charge on any atom is -0.334 e. The second-order valence-corrected chi connectivity index (χ2v) is 6.20. The number of hydrogen-bond acceptors (Lipinski definition) is 8. The van der Waals surface area contributed by atoms with E-state index in [2.05, 4.69) is 20.6 Å². The van der Waals surface area contributed by atoms with Gasteiger partial charge in [-0.25, -0.2) is 9.37 Å². The normalized spacial score (nSPS) is 10.3. The first-order chi connectivity index (χ1) is 14.2. The zero-order chi connectivity index (χ0) is 22.0. The lowest BCUT2D eigenvalue weighted by Gasteiger charge is -2.09. The SMILES string of the molecule is CC(=O)c1c(F)cc(Nc2ncc(N=O)cc2[N+](=O)[O-])cc1-[n+]1[nH]c(C#N)cc1C. The number of Topliss-reactive ketones (excluding diaryl/α,β-unsaturated/α-hetero) is 1. The fraction of sp³-hybridized carbons (Fsp3) is 0.111. The van der Waals surface area contributed by atoms with E-state index in [1.165, 1.54) is 23.7 Å². The number of nitroso groups, excluding NO2 is 1. The van der Waals surface area contributed by atoms with Crippen molar-refractivity contribution in [2.45, 2.75) is 13.8 Å². The summed E-state index contributed by atoms with van der Waals surface area (Å²) >= 11 is 0. The quantitative estimate of drug-likeness (QED) is 0.207. The second kappa shape index (κ2) is 7.84. The molecule has 150 valence electrons. The highest BCUT2D eigenvalue weighted by Gasteiger charge is 2.27. The van der Waals surface area contributed by atoms with Crippen LogP contribution in [-0.4, -0.2) is 20.8 Å². The van der Waals surface area contributed by atoms with Gasteiger partial charge in [0.05, 0.1) is 17.2 Å². The van der Waals surface area contributed by atoms with E-state index in [9.17, 15) is 24.2 Å². The Morgan fingerprint density at radius 2 is 2.13 bits per heavy atom. The molecular weight excluding hydrogens is 397 g/mol. The van der Waals surface area contributed by atoms with E-state index in [0.29, 0.717) is 5.69 Å². The smallest absolute Gasteiger partial charge is 0.314 e. The lowest BCUT2D eigenvalue weighted by atomic mass is 10.1. The molecule has 3 aromatic rings. The molecule has 0 unspecified atom stereocenters. The van der Waals surface area contributed by atoms with Crippen LogP contribution in [0.15, 0.2) is 35.6 Å². The Bertz CT molecular complexity index is 1250. The Balaban J connectivity index is 2.17. The molecule has 2 heterocycles. The third-order valence-electron chi connectivity index (χ3n) is 4.14. The van der Waals surface area contributed by atoms with E-state index in [0.717, 1.165) is 18.3 Å². The maximum Gasteiger partial charge on any atom is 0.314 e. The molecule has 2 N–H and O–H groups in total. The topological polar surface area (TPSA) is 158 Å². The molecule has 3 rings (SSSR count). The van der Waals surface area contributed by atoms with Crippen LogP contribution in [0.3, 0.4) is 0 Å². The van der Waals surface area contributed by atoms with Gasteiger partial charge in [-0.2, -0.15) is 5.26 Å². The van der Waals surface area contributed by atoms with Gasteiger partial charge in [-0.3, -0.25) is 14.9 Å². The van der Waals surface area contributed by atoms with E-state index >= 15 is 0 Å². The summed E-state index contributed by atoms with van der Waals surface area (Å²) in [7, 11) is 0. The first kappa shape index (κ1) is 20.2. The molecule has 0 aliphatic carbocycles. The van der Waals surface area contributed by atoms with E-state index in [1.807, 2.05) is 6.07 Å². The molecular formula is C18H13FN7O4+. The number of rotatable bonds is 6. The molecule has 12 heteroatoms. The van der Waals surface area contributed by atoms with Crippen LogP contribution in [0.4, 0.5) is 27.3 Å². The van der Waals surface area contributed by atoms with Gasteiger partial charge in [-0.05, 0) is 18.2 Å². The van der Waals surface area contributed by atoms with Crippen molar-refractivity contribution in [2.24, 2.45) is 5.18 Å². The monoisotopic (exact) mass is 410 g/mol. The minimum atomic E-state index is -0.878. The maximum absolute atomic E-state index is 14.8. The summed E-state index contributed by atoms with van der Waals surface area (Å²) in [4.78, 5) is 37.0. The molecule has 0 atom stereocenters. The number of aromatic amines is 1.